The Hall–Kier alpha value is -0.530. The summed E-state index contributed by atoms with van der Waals surface area (Å²) in [5.74, 6) is 5.65. The van der Waals surface area contributed by atoms with Gasteiger partial charge in [0.25, 0.3) is 0 Å². The first-order chi connectivity index (χ1) is 8.69. The van der Waals surface area contributed by atoms with Gasteiger partial charge in [0.2, 0.25) is 0 Å². The van der Waals surface area contributed by atoms with Crippen molar-refractivity contribution in [1.29, 1.82) is 0 Å². The summed E-state index contributed by atoms with van der Waals surface area (Å²) in [5, 5.41) is 0. The van der Waals surface area contributed by atoms with E-state index in [0.29, 0.717) is 0 Å². The highest BCUT2D eigenvalue weighted by Crippen LogP contribution is 2.15. The number of morpholine rings is 1. The number of hydrogen-bond acceptors (Lipinski definition) is 5. The molecular formula is C12H19BrN4O. The lowest BCUT2D eigenvalue weighted by atomic mass is 10.0. The number of pyridine rings is 1. The van der Waals surface area contributed by atoms with E-state index in [1.165, 1.54) is 0 Å². The molecule has 0 radical (unpaired) electrons. The number of hydrogen-bond donors (Lipinski definition) is 2. The second-order valence-corrected chi connectivity index (χ2v) is 5.58. The Kier molecular flexibility index (Phi) is 5.08. The number of likely N-dealkylation sites (N-methyl/N-ethyl adjacent to an activating group) is 1. The number of ether oxygens (including phenoxy) is 1. The van der Waals surface area contributed by atoms with Crippen molar-refractivity contribution < 1.29 is 4.74 Å². The Labute approximate surface area is 116 Å². The molecule has 5 nitrogen and oxygen atoms in total. The predicted molar refractivity (Wildman–Crippen MR) is 74.0 cm³/mol. The van der Waals surface area contributed by atoms with Crippen LogP contribution < -0.4 is 11.3 Å². The fourth-order valence-electron chi connectivity index (χ4n) is 2.17. The molecule has 0 aliphatic carbocycles. The smallest absolute Gasteiger partial charge is 0.0871 e. The van der Waals surface area contributed by atoms with E-state index in [4.69, 9.17) is 10.6 Å². The normalized spacial score (nSPS) is 22.9. The second-order valence-electron chi connectivity index (χ2n) is 4.66. The first kappa shape index (κ1) is 13.9. The van der Waals surface area contributed by atoms with E-state index in [2.05, 4.69) is 44.4 Å². The highest BCUT2D eigenvalue weighted by atomic mass is 79.9. The molecule has 0 saturated carbocycles. The highest BCUT2D eigenvalue weighted by molar-refractivity contribution is 9.10. The minimum atomic E-state index is 0.101. The summed E-state index contributed by atoms with van der Waals surface area (Å²) in [6.07, 6.45) is 4.57. The van der Waals surface area contributed by atoms with Crippen LogP contribution in [0.15, 0.2) is 22.9 Å². The van der Waals surface area contributed by atoms with Gasteiger partial charge in [-0.3, -0.25) is 16.3 Å². The quantitative estimate of drug-likeness (QED) is 0.628. The molecule has 1 saturated heterocycles. The van der Waals surface area contributed by atoms with Gasteiger partial charge in [-0.05, 0) is 41.0 Å². The van der Waals surface area contributed by atoms with Crippen molar-refractivity contribution in [3.63, 3.8) is 0 Å². The molecule has 2 unspecified atom stereocenters. The van der Waals surface area contributed by atoms with Crippen LogP contribution in [0.5, 0.6) is 0 Å². The maximum absolute atomic E-state index is 5.79. The molecular weight excluding hydrogens is 296 g/mol. The van der Waals surface area contributed by atoms with Crippen LogP contribution in [0.1, 0.15) is 5.56 Å². The van der Waals surface area contributed by atoms with Crippen molar-refractivity contribution in [2.24, 2.45) is 5.84 Å². The Bertz CT molecular complexity index is 390. The average Bonchev–Trinajstić information content (AvgIpc) is 2.36. The monoisotopic (exact) mass is 314 g/mol. The van der Waals surface area contributed by atoms with Gasteiger partial charge in [0.1, 0.15) is 0 Å². The standard InChI is InChI=1S/C12H19BrN4O/c1-17-2-3-18-12(8-17)11(16-14)5-9-4-10(13)7-15-6-9/h4,6-7,11-12,16H,2-3,5,8,14H2,1H3. The molecule has 0 spiro atoms. The summed E-state index contributed by atoms with van der Waals surface area (Å²) in [6, 6.07) is 2.16. The maximum atomic E-state index is 5.79. The first-order valence-corrected chi connectivity index (χ1v) is 6.84. The lowest BCUT2D eigenvalue weighted by Crippen LogP contribution is -2.54. The molecule has 18 heavy (non-hydrogen) atoms. The second kappa shape index (κ2) is 6.58. The highest BCUT2D eigenvalue weighted by Gasteiger charge is 2.26. The molecule has 6 heteroatoms. The van der Waals surface area contributed by atoms with Crippen LogP contribution in [-0.2, 0) is 11.2 Å². The molecule has 2 atom stereocenters. The SMILES string of the molecule is CN1CCOC(C(Cc2cncc(Br)c2)NN)C1. The van der Waals surface area contributed by atoms with Crippen molar-refractivity contribution in [3.05, 3.63) is 28.5 Å². The molecule has 2 rings (SSSR count). The third-order valence-electron chi connectivity index (χ3n) is 3.18. The summed E-state index contributed by atoms with van der Waals surface area (Å²) in [4.78, 5) is 6.43. The van der Waals surface area contributed by atoms with E-state index >= 15 is 0 Å². The lowest BCUT2D eigenvalue weighted by Gasteiger charge is -2.34. The molecule has 1 aromatic heterocycles. The van der Waals surface area contributed by atoms with E-state index in [1.54, 1.807) is 6.20 Å². The number of hydrazine groups is 1. The number of nitrogens with one attached hydrogen (secondary N) is 1. The molecule has 2 heterocycles. The van der Waals surface area contributed by atoms with Crippen LogP contribution >= 0.6 is 15.9 Å². The zero-order chi connectivity index (χ0) is 13.0. The van der Waals surface area contributed by atoms with Crippen molar-refractivity contribution in [2.45, 2.75) is 18.6 Å². The number of halogens is 1. The van der Waals surface area contributed by atoms with E-state index in [1.807, 2.05) is 6.20 Å². The summed E-state index contributed by atoms with van der Waals surface area (Å²) in [5.41, 5.74) is 4.01. The van der Waals surface area contributed by atoms with Gasteiger partial charge in [0.05, 0.1) is 18.8 Å². The van der Waals surface area contributed by atoms with Gasteiger partial charge in [0.15, 0.2) is 0 Å². The van der Waals surface area contributed by atoms with Crippen molar-refractivity contribution in [3.8, 4) is 0 Å². The molecule has 1 fully saturated rings. The molecule has 0 aromatic carbocycles. The summed E-state index contributed by atoms with van der Waals surface area (Å²) < 4.78 is 6.77. The largest absolute Gasteiger partial charge is 0.374 e. The molecule has 1 aliphatic heterocycles. The average molecular weight is 315 g/mol. The first-order valence-electron chi connectivity index (χ1n) is 6.04. The zero-order valence-electron chi connectivity index (χ0n) is 10.5. The fourth-order valence-corrected chi connectivity index (χ4v) is 2.59. The van der Waals surface area contributed by atoms with Gasteiger partial charge >= 0.3 is 0 Å². The maximum Gasteiger partial charge on any atom is 0.0871 e. The lowest BCUT2D eigenvalue weighted by molar-refractivity contribution is -0.0384. The Morgan fingerprint density at radius 2 is 2.50 bits per heavy atom. The van der Waals surface area contributed by atoms with Crippen LogP contribution in [-0.4, -0.2) is 48.8 Å². The van der Waals surface area contributed by atoms with Gasteiger partial charge in [0, 0.05) is 30.0 Å². The number of rotatable bonds is 4. The van der Waals surface area contributed by atoms with Crippen LogP contribution in [0.25, 0.3) is 0 Å². The fraction of sp³-hybridized carbons (Fsp3) is 0.583. The van der Waals surface area contributed by atoms with E-state index in [0.717, 1.165) is 36.2 Å². The van der Waals surface area contributed by atoms with Gasteiger partial charge in [-0.25, -0.2) is 0 Å². The molecule has 0 bridgehead atoms. The van der Waals surface area contributed by atoms with Crippen molar-refractivity contribution in [2.75, 3.05) is 26.7 Å². The molecule has 3 N–H and O–H groups in total. The van der Waals surface area contributed by atoms with Crippen molar-refractivity contribution >= 4 is 15.9 Å². The van der Waals surface area contributed by atoms with Crippen LogP contribution in [0.4, 0.5) is 0 Å². The van der Waals surface area contributed by atoms with E-state index < -0.39 is 0 Å². The third kappa shape index (κ3) is 3.73. The topological polar surface area (TPSA) is 63.4 Å². The van der Waals surface area contributed by atoms with Crippen LogP contribution in [0.2, 0.25) is 0 Å². The Morgan fingerprint density at radius 1 is 1.67 bits per heavy atom. The van der Waals surface area contributed by atoms with Gasteiger partial charge in [-0.2, -0.15) is 0 Å². The molecule has 1 aliphatic rings. The predicted octanol–water partition coefficient (Wildman–Crippen LogP) is 0.549. The Balaban J connectivity index is 2.00. The minimum Gasteiger partial charge on any atom is -0.374 e. The third-order valence-corrected chi connectivity index (χ3v) is 3.61. The summed E-state index contributed by atoms with van der Waals surface area (Å²) in [7, 11) is 2.10. The van der Waals surface area contributed by atoms with Crippen LogP contribution in [0.3, 0.4) is 0 Å². The molecule has 100 valence electrons. The number of aromatic nitrogens is 1. The summed E-state index contributed by atoms with van der Waals surface area (Å²) >= 11 is 3.43. The van der Waals surface area contributed by atoms with Gasteiger partial charge in [-0.15, -0.1) is 0 Å². The number of nitrogens with two attached hydrogens (primary N) is 1. The van der Waals surface area contributed by atoms with Crippen molar-refractivity contribution in [1.82, 2.24) is 15.3 Å². The van der Waals surface area contributed by atoms with Crippen LogP contribution in [0, 0.1) is 0 Å². The minimum absolute atomic E-state index is 0.101. The van der Waals surface area contributed by atoms with E-state index in [-0.39, 0.29) is 12.1 Å². The zero-order valence-corrected chi connectivity index (χ0v) is 12.1. The van der Waals surface area contributed by atoms with Gasteiger partial charge < -0.3 is 9.64 Å². The molecule has 1 aromatic rings. The summed E-state index contributed by atoms with van der Waals surface area (Å²) in [6.45, 7) is 2.64. The molecule has 0 amide bonds. The Morgan fingerprint density at radius 3 is 3.17 bits per heavy atom. The van der Waals surface area contributed by atoms with E-state index in [9.17, 15) is 0 Å². The van der Waals surface area contributed by atoms with Gasteiger partial charge in [-0.1, -0.05) is 0 Å². The number of nitrogens with zero attached hydrogens (tertiary/aromatic N) is 2.